The van der Waals surface area contributed by atoms with Crippen molar-refractivity contribution >= 4 is 17.3 Å². The van der Waals surface area contributed by atoms with Gasteiger partial charge in [-0.05, 0) is 30.3 Å². The number of benzene rings is 1. The maximum absolute atomic E-state index is 5.71. The molecule has 1 aromatic carbocycles. The molecule has 4 N–H and O–H groups in total. The molecule has 0 spiro atoms. The summed E-state index contributed by atoms with van der Waals surface area (Å²) in [6.07, 6.45) is 0. The van der Waals surface area contributed by atoms with Gasteiger partial charge in [-0.2, -0.15) is 4.98 Å². The smallest absolute Gasteiger partial charge is 0.266 e. The highest BCUT2D eigenvalue weighted by atomic mass is 16.5. The highest BCUT2D eigenvalue weighted by Gasteiger charge is 2.11. The predicted octanol–water partition coefficient (Wildman–Crippen LogP) is 1.36. The zero-order valence-corrected chi connectivity index (χ0v) is 9.84. The Hall–Kier alpha value is -2.24. The van der Waals surface area contributed by atoms with Crippen LogP contribution in [0, 0.1) is 0 Å². The topological polar surface area (TPSA) is 94.2 Å². The average molecular weight is 233 g/mol. The Morgan fingerprint density at radius 1 is 1.24 bits per heavy atom. The Kier molecular flexibility index (Phi) is 2.86. The lowest BCUT2D eigenvalue weighted by Gasteiger charge is -2.08. The van der Waals surface area contributed by atoms with Crippen molar-refractivity contribution in [3.8, 4) is 11.5 Å². The van der Waals surface area contributed by atoms with Crippen molar-refractivity contribution in [2.75, 3.05) is 30.0 Å². The van der Waals surface area contributed by atoms with Crippen LogP contribution in [0.4, 0.5) is 17.3 Å². The van der Waals surface area contributed by atoms with Crippen molar-refractivity contribution in [2.24, 2.45) is 0 Å². The van der Waals surface area contributed by atoms with Crippen LogP contribution in [0.2, 0.25) is 0 Å². The first-order valence-electron chi connectivity index (χ1n) is 5.31. The SMILES string of the molecule is CCN(C)c1noc(-c2cc(N)cc(N)c2)n1. The van der Waals surface area contributed by atoms with Gasteiger partial charge in [-0.3, -0.25) is 0 Å². The van der Waals surface area contributed by atoms with Gasteiger partial charge in [-0.25, -0.2) is 0 Å². The molecular weight excluding hydrogens is 218 g/mol. The number of nitrogens with zero attached hydrogens (tertiary/aromatic N) is 3. The first-order valence-corrected chi connectivity index (χ1v) is 5.31. The van der Waals surface area contributed by atoms with Crippen LogP contribution in [0.5, 0.6) is 0 Å². The van der Waals surface area contributed by atoms with Crippen molar-refractivity contribution < 1.29 is 4.52 Å². The molecule has 0 aliphatic rings. The van der Waals surface area contributed by atoms with Crippen LogP contribution < -0.4 is 16.4 Å². The Bertz CT molecular complexity index is 502. The van der Waals surface area contributed by atoms with Crippen molar-refractivity contribution in [2.45, 2.75) is 6.92 Å². The normalized spacial score (nSPS) is 10.5. The lowest BCUT2D eigenvalue weighted by Crippen LogP contribution is -2.16. The van der Waals surface area contributed by atoms with Gasteiger partial charge in [-0.1, -0.05) is 0 Å². The fourth-order valence-electron chi connectivity index (χ4n) is 1.43. The van der Waals surface area contributed by atoms with Crippen molar-refractivity contribution in [1.82, 2.24) is 10.1 Å². The summed E-state index contributed by atoms with van der Waals surface area (Å²) in [5.41, 5.74) is 13.3. The number of anilines is 3. The zero-order chi connectivity index (χ0) is 12.4. The molecule has 17 heavy (non-hydrogen) atoms. The summed E-state index contributed by atoms with van der Waals surface area (Å²) in [5, 5.41) is 3.88. The molecule has 0 saturated heterocycles. The number of nitrogen functional groups attached to an aromatic ring is 2. The number of rotatable bonds is 3. The molecule has 0 atom stereocenters. The van der Waals surface area contributed by atoms with E-state index in [0.29, 0.717) is 23.2 Å². The molecule has 1 heterocycles. The minimum absolute atomic E-state index is 0.416. The maximum atomic E-state index is 5.71. The van der Waals surface area contributed by atoms with E-state index in [9.17, 15) is 0 Å². The zero-order valence-electron chi connectivity index (χ0n) is 9.84. The fourth-order valence-corrected chi connectivity index (χ4v) is 1.43. The fraction of sp³-hybridized carbons (Fsp3) is 0.273. The Morgan fingerprint density at radius 3 is 2.47 bits per heavy atom. The first-order chi connectivity index (χ1) is 8.10. The van der Waals surface area contributed by atoms with Crippen LogP contribution in [0.25, 0.3) is 11.5 Å². The molecule has 0 aliphatic heterocycles. The molecule has 6 heteroatoms. The molecule has 0 saturated carbocycles. The molecule has 2 rings (SSSR count). The first kappa shape index (κ1) is 11.3. The van der Waals surface area contributed by atoms with Crippen molar-refractivity contribution in [1.29, 1.82) is 0 Å². The van der Waals surface area contributed by atoms with Crippen LogP contribution in [0.15, 0.2) is 22.7 Å². The lowest BCUT2D eigenvalue weighted by molar-refractivity contribution is 0.430. The summed E-state index contributed by atoms with van der Waals surface area (Å²) < 4.78 is 5.17. The van der Waals surface area contributed by atoms with Crippen LogP contribution >= 0.6 is 0 Å². The van der Waals surface area contributed by atoms with Gasteiger partial charge in [0.2, 0.25) is 0 Å². The Morgan fingerprint density at radius 2 is 1.88 bits per heavy atom. The summed E-state index contributed by atoms with van der Waals surface area (Å²) in [4.78, 5) is 6.15. The van der Waals surface area contributed by atoms with E-state index in [1.165, 1.54) is 0 Å². The van der Waals surface area contributed by atoms with Crippen molar-refractivity contribution in [3.05, 3.63) is 18.2 Å². The third kappa shape index (κ3) is 2.30. The quantitative estimate of drug-likeness (QED) is 0.777. The van der Waals surface area contributed by atoms with Crippen LogP contribution in [0.1, 0.15) is 6.92 Å². The lowest BCUT2D eigenvalue weighted by atomic mass is 10.2. The van der Waals surface area contributed by atoms with Gasteiger partial charge >= 0.3 is 0 Å². The van der Waals surface area contributed by atoms with Gasteiger partial charge in [0.25, 0.3) is 11.8 Å². The number of hydrogen-bond donors (Lipinski definition) is 2. The number of hydrogen-bond acceptors (Lipinski definition) is 6. The van der Waals surface area contributed by atoms with E-state index < -0.39 is 0 Å². The summed E-state index contributed by atoms with van der Waals surface area (Å²) >= 11 is 0. The minimum atomic E-state index is 0.416. The predicted molar refractivity (Wildman–Crippen MR) is 67.5 cm³/mol. The van der Waals surface area contributed by atoms with Gasteiger partial charge in [0, 0.05) is 30.5 Å². The van der Waals surface area contributed by atoms with Crippen molar-refractivity contribution in [3.63, 3.8) is 0 Å². The van der Waals surface area contributed by atoms with E-state index in [2.05, 4.69) is 10.1 Å². The second-order valence-electron chi connectivity index (χ2n) is 3.80. The third-order valence-corrected chi connectivity index (χ3v) is 2.46. The Balaban J connectivity index is 2.36. The molecule has 0 radical (unpaired) electrons. The maximum Gasteiger partial charge on any atom is 0.266 e. The van der Waals surface area contributed by atoms with E-state index in [-0.39, 0.29) is 0 Å². The molecule has 0 fully saturated rings. The second kappa shape index (κ2) is 4.32. The highest BCUT2D eigenvalue weighted by Crippen LogP contribution is 2.24. The standard InChI is InChI=1S/C11H15N5O/c1-3-16(2)11-14-10(17-15-11)7-4-8(12)6-9(13)5-7/h4-6H,3,12-13H2,1-2H3. The van der Waals surface area contributed by atoms with Gasteiger partial charge < -0.3 is 20.9 Å². The highest BCUT2D eigenvalue weighted by molar-refractivity contribution is 5.67. The summed E-state index contributed by atoms with van der Waals surface area (Å²) in [6, 6.07) is 5.18. The molecule has 0 amide bonds. The second-order valence-corrected chi connectivity index (χ2v) is 3.80. The van der Waals surface area contributed by atoms with E-state index in [4.69, 9.17) is 16.0 Å². The molecule has 0 unspecified atom stereocenters. The van der Waals surface area contributed by atoms with E-state index in [1.54, 1.807) is 18.2 Å². The molecule has 6 nitrogen and oxygen atoms in total. The van der Waals surface area contributed by atoms with Gasteiger partial charge in [0.05, 0.1) is 0 Å². The monoisotopic (exact) mass is 233 g/mol. The van der Waals surface area contributed by atoms with Gasteiger partial charge in [-0.15, -0.1) is 0 Å². The Labute approximate surface area is 99.2 Å². The van der Waals surface area contributed by atoms with E-state index in [1.807, 2.05) is 18.9 Å². The van der Waals surface area contributed by atoms with E-state index >= 15 is 0 Å². The van der Waals surface area contributed by atoms with Gasteiger partial charge in [0.1, 0.15) is 0 Å². The number of nitrogens with two attached hydrogens (primary N) is 2. The van der Waals surface area contributed by atoms with Crippen LogP contribution in [-0.2, 0) is 0 Å². The van der Waals surface area contributed by atoms with E-state index in [0.717, 1.165) is 12.1 Å². The molecule has 0 aliphatic carbocycles. The number of aromatic nitrogens is 2. The minimum Gasteiger partial charge on any atom is -0.399 e. The molecule has 2 aromatic rings. The van der Waals surface area contributed by atoms with Crippen LogP contribution in [0.3, 0.4) is 0 Å². The molecular formula is C11H15N5O. The molecule has 90 valence electrons. The van der Waals surface area contributed by atoms with Crippen LogP contribution in [-0.4, -0.2) is 23.7 Å². The third-order valence-electron chi connectivity index (χ3n) is 2.46. The molecule has 1 aromatic heterocycles. The summed E-state index contributed by atoms with van der Waals surface area (Å²) in [5.74, 6) is 0.961. The summed E-state index contributed by atoms with van der Waals surface area (Å²) in [6.45, 7) is 2.81. The summed E-state index contributed by atoms with van der Waals surface area (Å²) in [7, 11) is 1.89. The molecule has 0 bridgehead atoms. The average Bonchev–Trinajstić information content (AvgIpc) is 2.76. The largest absolute Gasteiger partial charge is 0.399 e. The van der Waals surface area contributed by atoms with Gasteiger partial charge in [0.15, 0.2) is 0 Å².